The van der Waals surface area contributed by atoms with Crippen LogP contribution in [0.1, 0.15) is 0 Å². The van der Waals surface area contributed by atoms with Gasteiger partial charge in [0.15, 0.2) is 0 Å². The maximum atomic E-state index is 13.0. The van der Waals surface area contributed by atoms with Crippen molar-refractivity contribution in [2.45, 2.75) is 4.90 Å². The minimum atomic E-state index is -4.12. The monoisotopic (exact) mass is 387 g/mol. The van der Waals surface area contributed by atoms with Gasteiger partial charge in [0.05, 0.1) is 10.6 Å². The molecule has 0 saturated heterocycles. The molecule has 0 amide bonds. The number of hydrogen-bond donors (Lipinski definition) is 1. The molecule has 0 spiro atoms. The van der Waals surface area contributed by atoms with E-state index in [0.29, 0.717) is 4.47 Å². The Kier molecular flexibility index (Phi) is 4.82. The molecule has 1 N–H and O–H groups in total. The highest BCUT2D eigenvalue weighted by Crippen LogP contribution is 2.26. The fourth-order valence-electron chi connectivity index (χ4n) is 1.80. The number of carbonyl (C=O) groups is 1. The van der Waals surface area contributed by atoms with Crippen molar-refractivity contribution in [1.29, 1.82) is 0 Å². The summed E-state index contributed by atoms with van der Waals surface area (Å²) in [6.07, 6.45) is 0. The molecular weight excluding hydrogens is 377 g/mol. The van der Waals surface area contributed by atoms with Crippen molar-refractivity contribution < 1.29 is 22.7 Å². The van der Waals surface area contributed by atoms with Gasteiger partial charge in [-0.25, -0.2) is 12.8 Å². The van der Waals surface area contributed by atoms with Gasteiger partial charge in [-0.15, -0.1) is 0 Å². The third-order valence-corrected chi connectivity index (χ3v) is 5.06. The Morgan fingerprint density at radius 2 is 1.82 bits per heavy atom. The van der Waals surface area contributed by atoms with Crippen LogP contribution in [0.15, 0.2) is 57.9 Å². The van der Waals surface area contributed by atoms with Crippen molar-refractivity contribution in [3.05, 3.63) is 58.8 Å². The lowest BCUT2D eigenvalue weighted by Gasteiger charge is -2.22. The molecule has 116 valence electrons. The van der Waals surface area contributed by atoms with Crippen LogP contribution in [0.5, 0.6) is 0 Å². The predicted molar refractivity (Wildman–Crippen MR) is 82.7 cm³/mol. The van der Waals surface area contributed by atoms with Crippen LogP contribution < -0.4 is 4.31 Å². The van der Waals surface area contributed by atoms with E-state index in [-0.39, 0.29) is 10.6 Å². The molecular formula is C14H11BrFNO4S. The van der Waals surface area contributed by atoms with Crippen LogP contribution >= 0.6 is 15.9 Å². The minimum absolute atomic E-state index is 0.185. The van der Waals surface area contributed by atoms with Gasteiger partial charge in [-0.2, -0.15) is 0 Å². The first-order valence-electron chi connectivity index (χ1n) is 6.06. The Hall–Kier alpha value is -1.93. The number of sulfonamides is 1. The first kappa shape index (κ1) is 16.4. The summed E-state index contributed by atoms with van der Waals surface area (Å²) in [6, 6.07) is 10.5. The molecule has 2 aromatic carbocycles. The van der Waals surface area contributed by atoms with E-state index >= 15 is 0 Å². The van der Waals surface area contributed by atoms with Gasteiger partial charge in [0.25, 0.3) is 10.0 Å². The molecule has 22 heavy (non-hydrogen) atoms. The molecule has 0 aliphatic rings. The molecule has 0 aliphatic carbocycles. The van der Waals surface area contributed by atoms with Gasteiger partial charge < -0.3 is 5.11 Å². The maximum Gasteiger partial charge on any atom is 0.324 e. The van der Waals surface area contributed by atoms with Crippen molar-refractivity contribution in [1.82, 2.24) is 0 Å². The van der Waals surface area contributed by atoms with Crippen LogP contribution in [0.2, 0.25) is 0 Å². The zero-order chi connectivity index (χ0) is 16.3. The zero-order valence-electron chi connectivity index (χ0n) is 11.1. The van der Waals surface area contributed by atoms with E-state index in [1.165, 1.54) is 12.1 Å². The number of carboxylic acid groups (broad SMARTS) is 1. The van der Waals surface area contributed by atoms with E-state index in [2.05, 4.69) is 15.9 Å². The lowest BCUT2D eigenvalue weighted by Crippen LogP contribution is -2.35. The molecule has 0 atom stereocenters. The molecule has 0 heterocycles. The molecule has 0 saturated carbocycles. The Morgan fingerprint density at radius 3 is 2.36 bits per heavy atom. The van der Waals surface area contributed by atoms with Gasteiger partial charge in [-0.3, -0.25) is 9.10 Å². The van der Waals surface area contributed by atoms with E-state index in [1.54, 1.807) is 12.1 Å². The Bertz CT molecular complexity index is 793. The smallest absolute Gasteiger partial charge is 0.324 e. The van der Waals surface area contributed by atoms with Crippen molar-refractivity contribution in [2.24, 2.45) is 0 Å². The van der Waals surface area contributed by atoms with E-state index in [1.807, 2.05) is 0 Å². The Balaban J connectivity index is 2.53. The molecule has 8 heteroatoms. The average Bonchev–Trinajstić information content (AvgIpc) is 2.45. The summed E-state index contributed by atoms with van der Waals surface area (Å²) in [6.45, 7) is -0.740. The summed E-state index contributed by atoms with van der Waals surface area (Å²) in [4.78, 5) is 10.8. The van der Waals surface area contributed by atoms with E-state index in [0.717, 1.165) is 28.6 Å². The van der Waals surface area contributed by atoms with Crippen LogP contribution in [0.4, 0.5) is 10.1 Å². The summed E-state index contributed by atoms with van der Waals surface area (Å²) in [5.74, 6) is -1.88. The first-order valence-corrected chi connectivity index (χ1v) is 8.29. The van der Waals surface area contributed by atoms with E-state index in [4.69, 9.17) is 5.11 Å². The van der Waals surface area contributed by atoms with Crippen LogP contribution in [-0.2, 0) is 14.8 Å². The largest absolute Gasteiger partial charge is 0.480 e. The van der Waals surface area contributed by atoms with Crippen LogP contribution in [-0.4, -0.2) is 26.0 Å². The number of benzene rings is 2. The Morgan fingerprint density at radius 1 is 1.18 bits per heavy atom. The highest BCUT2D eigenvalue weighted by molar-refractivity contribution is 9.10. The second-order valence-electron chi connectivity index (χ2n) is 4.34. The molecule has 0 radical (unpaired) electrons. The molecule has 0 fully saturated rings. The van der Waals surface area contributed by atoms with Gasteiger partial charge in [0.1, 0.15) is 12.4 Å². The van der Waals surface area contributed by atoms with Crippen LogP contribution in [0.25, 0.3) is 0 Å². The molecule has 0 aliphatic heterocycles. The number of hydrogen-bond acceptors (Lipinski definition) is 3. The van der Waals surface area contributed by atoms with Gasteiger partial charge in [-0.05, 0) is 42.5 Å². The number of rotatable bonds is 5. The summed E-state index contributed by atoms with van der Waals surface area (Å²) in [5.41, 5.74) is 0.195. The fraction of sp³-hybridized carbons (Fsp3) is 0.0714. The number of aliphatic carboxylic acids is 1. The quantitative estimate of drug-likeness (QED) is 0.855. The van der Waals surface area contributed by atoms with E-state index in [9.17, 15) is 17.6 Å². The number of anilines is 1. The normalized spacial score (nSPS) is 11.2. The maximum absolute atomic E-state index is 13.0. The average molecular weight is 388 g/mol. The van der Waals surface area contributed by atoms with Crippen LogP contribution in [0, 0.1) is 5.82 Å². The lowest BCUT2D eigenvalue weighted by molar-refractivity contribution is -0.135. The van der Waals surface area contributed by atoms with Crippen molar-refractivity contribution in [2.75, 3.05) is 10.8 Å². The standard InChI is InChI=1S/C14H11BrFNO4S/c15-10-2-1-3-12(8-10)17(9-14(18)19)22(20,21)13-6-4-11(16)5-7-13/h1-8H,9H2,(H,18,19). The van der Waals surface area contributed by atoms with E-state index < -0.39 is 28.4 Å². The third-order valence-electron chi connectivity index (χ3n) is 2.78. The predicted octanol–water partition coefficient (Wildman–Crippen LogP) is 2.87. The highest BCUT2D eigenvalue weighted by Gasteiger charge is 2.27. The lowest BCUT2D eigenvalue weighted by atomic mass is 10.3. The molecule has 0 aromatic heterocycles. The fourth-order valence-corrected chi connectivity index (χ4v) is 3.60. The summed E-state index contributed by atoms with van der Waals surface area (Å²) < 4.78 is 39.5. The van der Waals surface area contributed by atoms with Crippen molar-refractivity contribution in [3.63, 3.8) is 0 Å². The molecule has 2 rings (SSSR count). The summed E-state index contributed by atoms with van der Waals surface area (Å²) in [5, 5.41) is 8.99. The molecule has 2 aromatic rings. The highest BCUT2D eigenvalue weighted by atomic mass is 79.9. The summed E-state index contributed by atoms with van der Waals surface area (Å²) in [7, 11) is -4.12. The van der Waals surface area contributed by atoms with Gasteiger partial charge in [0.2, 0.25) is 0 Å². The van der Waals surface area contributed by atoms with Crippen LogP contribution in [0.3, 0.4) is 0 Å². The molecule has 5 nitrogen and oxygen atoms in total. The minimum Gasteiger partial charge on any atom is -0.480 e. The molecule has 0 unspecified atom stereocenters. The second-order valence-corrected chi connectivity index (χ2v) is 7.12. The number of halogens is 2. The molecule has 0 bridgehead atoms. The third kappa shape index (κ3) is 3.63. The topological polar surface area (TPSA) is 74.7 Å². The number of nitrogens with zero attached hydrogens (tertiary/aromatic N) is 1. The summed E-state index contributed by atoms with van der Waals surface area (Å²) >= 11 is 3.21. The van der Waals surface area contributed by atoms with Crippen molar-refractivity contribution >= 4 is 37.6 Å². The second kappa shape index (κ2) is 6.45. The van der Waals surface area contributed by atoms with Gasteiger partial charge >= 0.3 is 5.97 Å². The Labute approximate surface area is 135 Å². The van der Waals surface area contributed by atoms with Gasteiger partial charge in [-0.1, -0.05) is 22.0 Å². The first-order chi connectivity index (χ1) is 10.3. The SMILES string of the molecule is O=C(O)CN(c1cccc(Br)c1)S(=O)(=O)c1ccc(F)cc1. The zero-order valence-corrected chi connectivity index (χ0v) is 13.5. The number of carboxylic acids is 1. The van der Waals surface area contributed by atoms with Gasteiger partial charge in [0, 0.05) is 4.47 Å². The van der Waals surface area contributed by atoms with Crippen molar-refractivity contribution in [3.8, 4) is 0 Å².